The Bertz CT molecular complexity index is 735. The molecule has 1 aliphatic rings. The Morgan fingerprint density at radius 2 is 2.07 bits per heavy atom. The zero-order chi connectivity index (χ0) is 20.2. The molecule has 0 aromatic heterocycles. The van der Waals surface area contributed by atoms with E-state index in [2.05, 4.69) is 0 Å². The maximum absolute atomic E-state index is 11.9. The number of hydrogen-bond acceptors (Lipinski definition) is 7. The minimum absolute atomic E-state index is 0.117. The quantitative estimate of drug-likeness (QED) is 0.343. The summed E-state index contributed by atoms with van der Waals surface area (Å²) in [5, 5.41) is 30.3. The number of allylic oxidation sites excluding steroid dienone is 2. The molecule has 0 amide bonds. The number of benzene rings is 1. The monoisotopic (exact) mass is 380 g/mol. The number of hydrogen-bond donors (Lipinski definition) is 3. The van der Waals surface area contributed by atoms with Crippen LogP contribution < -0.4 is 4.74 Å². The Balaban J connectivity index is 2.17. The highest BCUT2D eigenvalue weighted by Crippen LogP contribution is 2.42. The van der Waals surface area contributed by atoms with Crippen molar-refractivity contribution in [1.82, 2.24) is 0 Å². The summed E-state index contributed by atoms with van der Waals surface area (Å²) >= 11 is 0. The number of aliphatic hydroxyl groups is 2. The summed E-state index contributed by atoms with van der Waals surface area (Å²) in [5.74, 6) is -1.99. The van der Waals surface area contributed by atoms with Crippen LogP contribution in [0.2, 0.25) is 0 Å². The molecule has 0 bridgehead atoms. The second-order valence-corrected chi connectivity index (χ2v) is 6.79. The number of ether oxygens (including phenoxy) is 3. The number of carbonyl (C=O) groups is 1. The van der Waals surface area contributed by atoms with E-state index in [0.29, 0.717) is 36.3 Å². The number of rotatable bonds is 9. The van der Waals surface area contributed by atoms with Crippen LogP contribution in [0.5, 0.6) is 11.5 Å². The molecule has 0 atom stereocenters. The molecule has 3 N–H and O–H groups in total. The van der Waals surface area contributed by atoms with Crippen molar-refractivity contribution in [2.24, 2.45) is 0 Å². The summed E-state index contributed by atoms with van der Waals surface area (Å²) in [4.78, 5) is 11.9. The van der Waals surface area contributed by atoms with Crippen molar-refractivity contribution in [3.63, 3.8) is 0 Å². The van der Waals surface area contributed by atoms with Gasteiger partial charge in [-0.3, -0.25) is 0 Å². The Labute approximate surface area is 159 Å². The van der Waals surface area contributed by atoms with Gasteiger partial charge in [0.25, 0.3) is 0 Å². The number of carbonyl (C=O) groups excluding carboxylic acids is 1. The molecule has 0 fully saturated rings. The molecule has 27 heavy (non-hydrogen) atoms. The standard InChI is InChI=1S/C20H28O7/c1-5-26-11-20(23,24)9-8-12(2)6-7-14-17(21)16-15(10-27-19(16)22)13(3)18(14)25-4/h6,21,23-24H,5,7-11H2,1-4H3/b12-6+. The van der Waals surface area contributed by atoms with E-state index in [4.69, 9.17) is 14.2 Å². The van der Waals surface area contributed by atoms with Gasteiger partial charge in [0.2, 0.25) is 0 Å². The van der Waals surface area contributed by atoms with Gasteiger partial charge in [-0.05, 0) is 39.2 Å². The molecule has 0 spiro atoms. The summed E-state index contributed by atoms with van der Waals surface area (Å²) < 4.78 is 15.6. The molecule has 1 heterocycles. The molecule has 0 saturated heterocycles. The number of methoxy groups -OCH3 is 1. The van der Waals surface area contributed by atoms with Crippen molar-refractivity contribution in [2.45, 2.75) is 52.4 Å². The van der Waals surface area contributed by atoms with Gasteiger partial charge in [-0.1, -0.05) is 11.6 Å². The van der Waals surface area contributed by atoms with Gasteiger partial charge in [0.1, 0.15) is 30.3 Å². The molecule has 2 rings (SSSR count). The highest BCUT2D eigenvalue weighted by molar-refractivity contribution is 5.98. The first kappa shape index (κ1) is 21.2. The number of cyclic esters (lactones) is 1. The van der Waals surface area contributed by atoms with Gasteiger partial charge in [-0.15, -0.1) is 0 Å². The Morgan fingerprint density at radius 1 is 1.37 bits per heavy atom. The molecule has 1 aromatic rings. The predicted octanol–water partition coefficient (Wildman–Crippen LogP) is 2.37. The van der Waals surface area contributed by atoms with E-state index in [1.807, 2.05) is 19.9 Å². The summed E-state index contributed by atoms with van der Waals surface area (Å²) in [7, 11) is 1.52. The van der Waals surface area contributed by atoms with Gasteiger partial charge < -0.3 is 29.5 Å². The first-order valence-corrected chi connectivity index (χ1v) is 8.98. The molecular weight excluding hydrogens is 352 g/mol. The molecular formula is C20H28O7. The topological polar surface area (TPSA) is 105 Å². The summed E-state index contributed by atoms with van der Waals surface area (Å²) in [6, 6.07) is 0. The van der Waals surface area contributed by atoms with Gasteiger partial charge in [0.15, 0.2) is 5.79 Å². The first-order chi connectivity index (χ1) is 12.7. The average molecular weight is 380 g/mol. The third kappa shape index (κ3) is 4.80. The van der Waals surface area contributed by atoms with Crippen LogP contribution in [0.4, 0.5) is 0 Å². The zero-order valence-electron chi connectivity index (χ0n) is 16.3. The Hall–Kier alpha value is -2.09. The van der Waals surface area contributed by atoms with Crippen LogP contribution in [0.1, 0.15) is 53.7 Å². The molecule has 7 nitrogen and oxygen atoms in total. The predicted molar refractivity (Wildman–Crippen MR) is 98.9 cm³/mol. The normalized spacial score (nSPS) is 14.3. The maximum Gasteiger partial charge on any atom is 0.342 e. The first-order valence-electron chi connectivity index (χ1n) is 8.98. The number of phenols is 1. The van der Waals surface area contributed by atoms with Gasteiger partial charge in [-0.2, -0.15) is 0 Å². The van der Waals surface area contributed by atoms with E-state index in [9.17, 15) is 20.1 Å². The largest absolute Gasteiger partial charge is 0.507 e. The van der Waals surface area contributed by atoms with Crippen LogP contribution in [0.15, 0.2) is 11.6 Å². The summed E-state index contributed by atoms with van der Waals surface area (Å²) in [6.07, 6.45) is 2.81. The zero-order valence-corrected chi connectivity index (χ0v) is 16.3. The molecule has 7 heteroatoms. The second-order valence-electron chi connectivity index (χ2n) is 6.79. The fraction of sp³-hybridized carbons (Fsp3) is 0.550. The van der Waals surface area contributed by atoms with E-state index >= 15 is 0 Å². The van der Waals surface area contributed by atoms with Crippen LogP contribution in [-0.2, 0) is 22.5 Å². The minimum Gasteiger partial charge on any atom is -0.507 e. The second kappa shape index (κ2) is 8.73. The van der Waals surface area contributed by atoms with E-state index in [1.165, 1.54) is 7.11 Å². The summed E-state index contributed by atoms with van der Waals surface area (Å²) in [5.41, 5.74) is 3.07. The van der Waals surface area contributed by atoms with Crippen molar-refractivity contribution in [3.8, 4) is 11.5 Å². The highest BCUT2D eigenvalue weighted by Gasteiger charge is 2.31. The minimum atomic E-state index is -1.88. The molecule has 0 saturated carbocycles. The van der Waals surface area contributed by atoms with E-state index in [1.54, 1.807) is 6.92 Å². The number of esters is 1. The smallest absolute Gasteiger partial charge is 0.342 e. The maximum atomic E-state index is 11.9. The lowest BCUT2D eigenvalue weighted by atomic mass is 9.94. The molecule has 150 valence electrons. The van der Waals surface area contributed by atoms with Crippen LogP contribution in [0.25, 0.3) is 0 Å². The third-order valence-corrected chi connectivity index (χ3v) is 4.76. The fourth-order valence-corrected chi connectivity index (χ4v) is 3.14. The van der Waals surface area contributed by atoms with E-state index < -0.39 is 11.8 Å². The van der Waals surface area contributed by atoms with Gasteiger partial charge in [0, 0.05) is 24.2 Å². The third-order valence-electron chi connectivity index (χ3n) is 4.76. The van der Waals surface area contributed by atoms with Crippen molar-refractivity contribution >= 4 is 5.97 Å². The van der Waals surface area contributed by atoms with Crippen molar-refractivity contribution in [3.05, 3.63) is 33.9 Å². The van der Waals surface area contributed by atoms with Crippen LogP contribution in [-0.4, -0.2) is 47.4 Å². The lowest BCUT2D eigenvalue weighted by molar-refractivity contribution is -0.200. The van der Waals surface area contributed by atoms with E-state index in [0.717, 1.165) is 11.1 Å². The molecule has 0 radical (unpaired) electrons. The Kier molecular flexibility index (Phi) is 6.86. The average Bonchev–Trinajstić information content (AvgIpc) is 3.02. The van der Waals surface area contributed by atoms with Crippen LogP contribution in [0, 0.1) is 6.92 Å². The molecule has 0 unspecified atom stereocenters. The van der Waals surface area contributed by atoms with Crippen LogP contribution in [0.3, 0.4) is 0 Å². The lowest BCUT2D eigenvalue weighted by Crippen LogP contribution is -2.34. The lowest BCUT2D eigenvalue weighted by Gasteiger charge is -2.21. The van der Waals surface area contributed by atoms with Crippen molar-refractivity contribution < 1.29 is 34.3 Å². The van der Waals surface area contributed by atoms with Crippen molar-refractivity contribution in [2.75, 3.05) is 20.3 Å². The number of aromatic hydroxyl groups is 1. The van der Waals surface area contributed by atoms with Crippen molar-refractivity contribution in [1.29, 1.82) is 0 Å². The van der Waals surface area contributed by atoms with Gasteiger partial charge in [-0.25, -0.2) is 4.79 Å². The fourth-order valence-electron chi connectivity index (χ4n) is 3.14. The van der Waals surface area contributed by atoms with Gasteiger partial charge >= 0.3 is 5.97 Å². The van der Waals surface area contributed by atoms with Gasteiger partial charge in [0.05, 0.1) is 7.11 Å². The Morgan fingerprint density at radius 3 is 2.70 bits per heavy atom. The molecule has 1 aliphatic heterocycles. The summed E-state index contributed by atoms with van der Waals surface area (Å²) in [6.45, 7) is 5.89. The van der Waals surface area contributed by atoms with Crippen LogP contribution >= 0.6 is 0 Å². The highest BCUT2D eigenvalue weighted by atomic mass is 16.6. The number of fused-ring (bicyclic) bond motifs is 1. The SMILES string of the molecule is CCOCC(O)(O)CC/C(C)=C/Cc1c(O)c2c(c(C)c1OC)COC2=O. The molecule has 1 aromatic carbocycles. The number of phenolic OH excluding ortho intramolecular Hbond substituents is 1. The molecule has 0 aliphatic carbocycles. The van der Waals surface area contributed by atoms with E-state index in [-0.39, 0.29) is 30.9 Å².